The maximum atomic E-state index is 13.2. The van der Waals surface area contributed by atoms with Crippen LogP contribution in [0.2, 0.25) is 0 Å². The molecular weight excluding hydrogens is 268 g/mol. The average Bonchev–Trinajstić information content (AvgIpc) is 2.48. The van der Waals surface area contributed by atoms with Gasteiger partial charge in [-0.1, -0.05) is 36.4 Å². The fourth-order valence-electron chi connectivity index (χ4n) is 2.28. The van der Waals surface area contributed by atoms with Gasteiger partial charge in [-0.15, -0.1) is 0 Å². The zero-order valence-corrected chi connectivity index (χ0v) is 12.0. The van der Waals surface area contributed by atoms with Gasteiger partial charge in [0.2, 0.25) is 0 Å². The Bertz CT molecular complexity index is 578. The van der Waals surface area contributed by atoms with Crippen LogP contribution in [0.1, 0.15) is 11.1 Å². The number of nitrogens with zero attached hydrogens (tertiary/aromatic N) is 1. The van der Waals surface area contributed by atoms with Crippen molar-refractivity contribution in [2.45, 2.75) is 13.0 Å². The van der Waals surface area contributed by atoms with Crippen LogP contribution < -0.4 is 5.46 Å². The molecule has 110 valence electrons. The molecule has 0 saturated carbocycles. The highest BCUT2D eigenvalue weighted by Gasteiger charge is 2.17. The number of rotatable bonds is 6. The molecule has 21 heavy (non-hydrogen) atoms. The first kappa shape index (κ1) is 15.7. The lowest BCUT2D eigenvalue weighted by Crippen LogP contribution is -2.35. The Morgan fingerprint density at radius 3 is 2.48 bits per heavy atom. The molecule has 0 aliphatic carbocycles. The molecule has 0 atom stereocenters. The van der Waals surface area contributed by atoms with Crippen molar-refractivity contribution in [3.05, 3.63) is 65.5 Å². The fourth-order valence-corrected chi connectivity index (χ4v) is 2.28. The van der Waals surface area contributed by atoms with Gasteiger partial charge in [-0.2, -0.15) is 0 Å². The first-order valence-corrected chi connectivity index (χ1v) is 6.93. The Hall–Kier alpha value is -1.69. The van der Waals surface area contributed by atoms with Crippen LogP contribution in [0, 0.1) is 5.82 Å². The molecule has 0 fully saturated rings. The van der Waals surface area contributed by atoms with E-state index < -0.39 is 12.9 Å². The summed E-state index contributed by atoms with van der Waals surface area (Å²) in [6.07, 6.45) is 0.912. The molecule has 0 unspecified atom stereocenters. The number of hydrogen-bond donors (Lipinski definition) is 2. The van der Waals surface area contributed by atoms with E-state index >= 15 is 0 Å². The third-order valence-corrected chi connectivity index (χ3v) is 3.45. The Morgan fingerprint density at radius 2 is 1.81 bits per heavy atom. The van der Waals surface area contributed by atoms with E-state index in [1.165, 1.54) is 17.7 Å². The van der Waals surface area contributed by atoms with Gasteiger partial charge in [0, 0.05) is 13.1 Å². The Kier molecular flexibility index (Phi) is 5.50. The van der Waals surface area contributed by atoms with Gasteiger partial charge in [-0.25, -0.2) is 4.39 Å². The minimum Gasteiger partial charge on any atom is -0.423 e. The Morgan fingerprint density at radius 1 is 1.10 bits per heavy atom. The van der Waals surface area contributed by atoms with Crippen molar-refractivity contribution in [3.8, 4) is 0 Å². The van der Waals surface area contributed by atoms with Crippen molar-refractivity contribution in [2.24, 2.45) is 0 Å². The lowest BCUT2D eigenvalue weighted by molar-refractivity contribution is 0.331. The second-order valence-corrected chi connectivity index (χ2v) is 5.19. The summed E-state index contributed by atoms with van der Waals surface area (Å²) in [6.45, 7) is 1.38. The van der Waals surface area contributed by atoms with Gasteiger partial charge in [0.1, 0.15) is 5.82 Å². The zero-order valence-electron chi connectivity index (χ0n) is 12.0. The zero-order chi connectivity index (χ0) is 15.2. The lowest BCUT2D eigenvalue weighted by Gasteiger charge is -2.19. The minimum absolute atomic E-state index is 0.224. The topological polar surface area (TPSA) is 43.7 Å². The second kappa shape index (κ2) is 7.36. The highest BCUT2D eigenvalue weighted by Crippen LogP contribution is 2.06. The lowest BCUT2D eigenvalue weighted by atomic mass is 9.77. The van der Waals surface area contributed by atoms with Crippen LogP contribution in [-0.2, 0) is 13.0 Å². The maximum Gasteiger partial charge on any atom is 0.488 e. The predicted octanol–water partition coefficient (Wildman–Crippen LogP) is 1.18. The normalized spacial score (nSPS) is 10.9. The van der Waals surface area contributed by atoms with E-state index in [0.29, 0.717) is 6.54 Å². The van der Waals surface area contributed by atoms with E-state index in [0.717, 1.165) is 18.5 Å². The standard InChI is InChI=1S/C16H19BFNO2/c1-19(10-9-13-5-3-2-4-6-13)12-14-7-8-15(18)11-16(14)17(20)21/h2-8,11,20-21H,9-10,12H2,1H3. The van der Waals surface area contributed by atoms with Gasteiger partial charge < -0.3 is 14.9 Å². The molecule has 0 saturated heterocycles. The monoisotopic (exact) mass is 287 g/mol. The summed E-state index contributed by atoms with van der Waals surface area (Å²) < 4.78 is 13.2. The van der Waals surface area contributed by atoms with E-state index in [1.807, 2.05) is 25.2 Å². The first-order chi connectivity index (χ1) is 10.1. The second-order valence-electron chi connectivity index (χ2n) is 5.19. The third-order valence-electron chi connectivity index (χ3n) is 3.45. The van der Waals surface area contributed by atoms with Gasteiger partial charge in [0.15, 0.2) is 0 Å². The van der Waals surface area contributed by atoms with Crippen LogP contribution in [0.4, 0.5) is 4.39 Å². The fraction of sp³-hybridized carbons (Fsp3) is 0.250. The molecule has 0 heterocycles. The van der Waals surface area contributed by atoms with Gasteiger partial charge in [0.25, 0.3) is 0 Å². The number of hydrogen-bond acceptors (Lipinski definition) is 3. The predicted molar refractivity (Wildman–Crippen MR) is 82.7 cm³/mol. The number of likely N-dealkylation sites (N-methyl/N-ethyl adjacent to an activating group) is 1. The quantitative estimate of drug-likeness (QED) is 0.784. The van der Waals surface area contributed by atoms with Gasteiger partial charge in [-0.3, -0.25) is 0 Å². The SMILES string of the molecule is CN(CCc1ccccc1)Cc1ccc(F)cc1B(O)O. The molecule has 2 rings (SSSR count). The summed E-state index contributed by atoms with van der Waals surface area (Å²) in [6, 6.07) is 14.3. The summed E-state index contributed by atoms with van der Waals surface area (Å²) in [4.78, 5) is 2.08. The Labute approximate surface area is 124 Å². The smallest absolute Gasteiger partial charge is 0.423 e. The molecule has 0 aliphatic rings. The molecule has 0 radical (unpaired) electrons. The molecule has 2 aromatic rings. The summed E-state index contributed by atoms with van der Waals surface area (Å²) in [5.41, 5.74) is 2.20. The van der Waals surface area contributed by atoms with Crippen molar-refractivity contribution in [1.82, 2.24) is 4.90 Å². The van der Waals surface area contributed by atoms with Crippen LogP contribution in [0.25, 0.3) is 0 Å². The highest BCUT2D eigenvalue weighted by atomic mass is 19.1. The van der Waals surface area contributed by atoms with Crippen LogP contribution >= 0.6 is 0 Å². The summed E-state index contributed by atoms with van der Waals surface area (Å²) in [7, 11) is 0.304. The van der Waals surface area contributed by atoms with Crippen molar-refractivity contribution in [3.63, 3.8) is 0 Å². The van der Waals surface area contributed by atoms with Gasteiger partial charge >= 0.3 is 7.12 Å². The van der Waals surface area contributed by atoms with Crippen LogP contribution in [0.15, 0.2) is 48.5 Å². The summed E-state index contributed by atoms with van der Waals surface area (Å²) in [5, 5.41) is 18.6. The van der Waals surface area contributed by atoms with Crippen LogP contribution in [-0.4, -0.2) is 35.7 Å². The molecule has 3 nitrogen and oxygen atoms in total. The molecule has 2 aromatic carbocycles. The van der Waals surface area contributed by atoms with E-state index in [1.54, 1.807) is 6.07 Å². The number of benzene rings is 2. The van der Waals surface area contributed by atoms with Gasteiger partial charge in [-0.05, 0) is 42.2 Å². The molecule has 0 aromatic heterocycles. The van der Waals surface area contributed by atoms with E-state index in [9.17, 15) is 14.4 Å². The summed E-state index contributed by atoms with van der Waals surface area (Å²) in [5.74, 6) is -0.464. The first-order valence-electron chi connectivity index (χ1n) is 6.93. The minimum atomic E-state index is -1.65. The molecule has 0 amide bonds. The van der Waals surface area contributed by atoms with Crippen molar-refractivity contribution >= 4 is 12.6 Å². The van der Waals surface area contributed by atoms with Crippen molar-refractivity contribution < 1.29 is 14.4 Å². The van der Waals surface area contributed by atoms with Gasteiger partial charge in [0.05, 0.1) is 0 Å². The van der Waals surface area contributed by atoms with E-state index in [4.69, 9.17) is 0 Å². The third kappa shape index (κ3) is 4.67. The number of halogens is 1. The molecule has 0 aliphatic heterocycles. The average molecular weight is 287 g/mol. The molecule has 0 bridgehead atoms. The van der Waals surface area contributed by atoms with E-state index in [-0.39, 0.29) is 5.46 Å². The van der Waals surface area contributed by atoms with Crippen LogP contribution in [0.5, 0.6) is 0 Å². The maximum absolute atomic E-state index is 13.2. The van der Waals surface area contributed by atoms with Crippen molar-refractivity contribution in [1.29, 1.82) is 0 Å². The molecule has 5 heteroatoms. The molecule has 2 N–H and O–H groups in total. The van der Waals surface area contributed by atoms with Crippen LogP contribution in [0.3, 0.4) is 0 Å². The Balaban J connectivity index is 1.98. The molecule has 0 spiro atoms. The van der Waals surface area contributed by atoms with E-state index in [2.05, 4.69) is 17.0 Å². The molecular formula is C16H19BFNO2. The highest BCUT2D eigenvalue weighted by molar-refractivity contribution is 6.59. The largest absolute Gasteiger partial charge is 0.488 e. The van der Waals surface area contributed by atoms with Crippen molar-refractivity contribution in [2.75, 3.05) is 13.6 Å². The summed E-state index contributed by atoms with van der Waals surface area (Å²) >= 11 is 0.